The average Bonchev–Trinajstić information content (AvgIpc) is 2.77. The van der Waals surface area contributed by atoms with Crippen LogP contribution in [0.25, 0.3) is 0 Å². The van der Waals surface area contributed by atoms with Crippen LogP contribution in [0.1, 0.15) is 16.7 Å². The van der Waals surface area contributed by atoms with Crippen LogP contribution >= 0.6 is 0 Å². The molecule has 0 aliphatic rings. The van der Waals surface area contributed by atoms with Crippen LogP contribution in [0.2, 0.25) is 0 Å². The first-order chi connectivity index (χ1) is 15.2. The minimum absolute atomic E-state index is 0.271. The molecule has 0 aromatic heterocycles. The van der Waals surface area contributed by atoms with E-state index >= 15 is 0 Å². The second-order valence-corrected chi connectivity index (χ2v) is 6.97. The van der Waals surface area contributed by atoms with Gasteiger partial charge in [-0.2, -0.15) is 13.2 Å². The van der Waals surface area contributed by atoms with Crippen molar-refractivity contribution in [3.05, 3.63) is 89.5 Å². The minimum Gasteiger partial charge on any atom is -0.489 e. The van der Waals surface area contributed by atoms with Crippen LogP contribution in [0.5, 0.6) is 17.2 Å². The Morgan fingerprint density at radius 2 is 1.34 bits per heavy atom. The van der Waals surface area contributed by atoms with E-state index in [-0.39, 0.29) is 6.42 Å². The third-order valence-corrected chi connectivity index (χ3v) is 4.65. The zero-order valence-corrected chi connectivity index (χ0v) is 17.1. The van der Waals surface area contributed by atoms with Crippen molar-refractivity contribution in [1.29, 1.82) is 0 Å². The van der Waals surface area contributed by atoms with E-state index in [1.165, 1.54) is 19.2 Å². The summed E-state index contributed by atoms with van der Waals surface area (Å²) in [5.74, 6) is 0.350. The molecular weight excluding hydrogens is 425 g/mol. The number of carboxylic acid groups (broad SMARTS) is 1. The number of hydrogen-bond donors (Lipinski definition) is 1. The normalized spacial score (nSPS) is 12.2. The third-order valence-electron chi connectivity index (χ3n) is 4.65. The molecule has 0 saturated heterocycles. The molecule has 32 heavy (non-hydrogen) atoms. The summed E-state index contributed by atoms with van der Waals surface area (Å²) >= 11 is 0. The number of aliphatic carboxylic acids is 1. The van der Waals surface area contributed by atoms with Crippen LogP contribution in [-0.4, -0.2) is 24.3 Å². The van der Waals surface area contributed by atoms with Gasteiger partial charge in [0.25, 0.3) is 0 Å². The molecule has 8 heteroatoms. The quantitative estimate of drug-likeness (QED) is 0.456. The first-order valence-electron chi connectivity index (χ1n) is 9.66. The lowest BCUT2D eigenvalue weighted by atomic mass is 10.1. The summed E-state index contributed by atoms with van der Waals surface area (Å²) in [4.78, 5) is 11.0. The Morgan fingerprint density at radius 3 is 1.84 bits per heavy atom. The lowest BCUT2D eigenvalue weighted by molar-refractivity contribution is -0.148. The maximum atomic E-state index is 12.6. The Labute approximate surface area is 183 Å². The van der Waals surface area contributed by atoms with Gasteiger partial charge < -0.3 is 19.3 Å². The largest absolute Gasteiger partial charge is 0.489 e. The standard InChI is InChI=1S/C24H21F3O5/c1-30-22(23(28)29)14-16-2-4-17(5-3-16)15-31-19-10-12-21(13-11-19)32-20-8-6-18(7-9-20)24(25,26)27/h2-13,22H,14-15H2,1H3,(H,28,29)/t22-/m0/s1. The highest BCUT2D eigenvalue weighted by atomic mass is 19.4. The van der Waals surface area contributed by atoms with Crippen molar-refractivity contribution in [2.45, 2.75) is 25.3 Å². The summed E-state index contributed by atoms with van der Waals surface area (Å²) in [6.45, 7) is 0.312. The average molecular weight is 446 g/mol. The van der Waals surface area contributed by atoms with Crippen LogP contribution in [-0.2, 0) is 28.7 Å². The van der Waals surface area contributed by atoms with Gasteiger partial charge in [-0.1, -0.05) is 24.3 Å². The Hall–Kier alpha value is -3.52. The number of benzene rings is 3. The summed E-state index contributed by atoms with van der Waals surface area (Å²) in [6, 6.07) is 18.5. The van der Waals surface area contributed by atoms with Crippen molar-refractivity contribution in [1.82, 2.24) is 0 Å². The molecule has 0 spiro atoms. The maximum Gasteiger partial charge on any atom is 0.416 e. The molecule has 0 aliphatic carbocycles. The predicted molar refractivity (Wildman–Crippen MR) is 111 cm³/mol. The van der Waals surface area contributed by atoms with Gasteiger partial charge in [-0.05, 0) is 59.7 Å². The predicted octanol–water partition coefficient (Wildman–Crippen LogP) is 5.72. The number of halogens is 3. The van der Waals surface area contributed by atoms with Gasteiger partial charge in [0.15, 0.2) is 6.10 Å². The smallest absolute Gasteiger partial charge is 0.416 e. The highest BCUT2D eigenvalue weighted by molar-refractivity contribution is 5.72. The van der Waals surface area contributed by atoms with E-state index in [0.717, 1.165) is 23.3 Å². The van der Waals surface area contributed by atoms with E-state index < -0.39 is 23.8 Å². The van der Waals surface area contributed by atoms with Crippen molar-refractivity contribution in [2.75, 3.05) is 7.11 Å². The first-order valence-corrected chi connectivity index (χ1v) is 9.66. The molecule has 1 atom stereocenters. The first kappa shape index (κ1) is 23.1. The zero-order valence-electron chi connectivity index (χ0n) is 17.1. The second-order valence-electron chi connectivity index (χ2n) is 6.97. The van der Waals surface area contributed by atoms with Crippen LogP contribution in [0.3, 0.4) is 0 Å². The van der Waals surface area contributed by atoms with Crippen molar-refractivity contribution in [2.24, 2.45) is 0 Å². The fourth-order valence-electron chi connectivity index (χ4n) is 2.88. The van der Waals surface area contributed by atoms with E-state index in [1.54, 1.807) is 24.3 Å². The van der Waals surface area contributed by atoms with E-state index in [2.05, 4.69) is 0 Å². The molecule has 5 nitrogen and oxygen atoms in total. The van der Waals surface area contributed by atoms with E-state index in [9.17, 15) is 18.0 Å². The fourth-order valence-corrected chi connectivity index (χ4v) is 2.88. The summed E-state index contributed by atoms with van der Waals surface area (Å²) in [6.07, 6.45) is -5.00. The Morgan fingerprint density at radius 1 is 0.844 bits per heavy atom. The molecule has 0 radical (unpaired) electrons. The van der Waals surface area contributed by atoms with Gasteiger partial charge in [-0.25, -0.2) is 4.79 Å². The van der Waals surface area contributed by atoms with Gasteiger partial charge in [0.05, 0.1) is 5.56 Å². The van der Waals surface area contributed by atoms with Crippen molar-refractivity contribution in [3.63, 3.8) is 0 Å². The Bertz CT molecular complexity index is 1010. The zero-order chi connectivity index (χ0) is 23.1. The summed E-state index contributed by atoms with van der Waals surface area (Å²) in [5, 5.41) is 9.05. The minimum atomic E-state index is -4.39. The molecule has 0 fully saturated rings. The number of rotatable bonds is 9. The van der Waals surface area contributed by atoms with E-state index in [4.69, 9.17) is 19.3 Å². The Balaban J connectivity index is 1.52. The van der Waals surface area contributed by atoms with Crippen molar-refractivity contribution >= 4 is 5.97 Å². The molecule has 3 aromatic carbocycles. The molecule has 0 aliphatic heterocycles. The molecule has 0 saturated carbocycles. The van der Waals surface area contributed by atoms with Crippen molar-refractivity contribution in [3.8, 4) is 17.2 Å². The Kier molecular flexibility index (Phi) is 7.37. The molecule has 0 bridgehead atoms. The van der Waals surface area contributed by atoms with E-state index in [0.29, 0.717) is 23.9 Å². The molecular formula is C24H21F3O5. The topological polar surface area (TPSA) is 65.0 Å². The van der Waals surface area contributed by atoms with Gasteiger partial charge >= 0.3 is 12.1 Å². The van der Waals surface area contributed by atoms with Gasteiger partial charge in [-0.15, -0.1) is 0 Å². The molecule has 3 rings (SSSR count). The van der Waals surface area contributed by atoms with Crippen LogP contribution in [0.4, 0.5) is 13.2 Å². The highest BCUT2D eigenvalue weighted by Crippen LogP contribution is 2.31. The third kappa shape index (κ3) is 6.49. The molecule has 0 unspecified atom stereocenters. The van der Waals surface area contributed by atoms with Crippen LogP contribution in [0.15, 0.2) is 72.8 Å². The molecule has 0 heterocycles. The number of alkyl halides is 3. The lowest BCUT2D eigenvalue weighted by Crippen LogP contribution is -2.24. The van der Waals surface area contributed by atoms with Gasteiger partial charge in [-0.3, -0.25) is 0 Å². The maximum absolute atomic E-state index is 12.6. The number of carbonyl (C=O) groups is 1. The van der Waals surface area contributed by atoms with Crippen LogP contribution in [0, 0.1) is 0 Å². The van der Waals surface area contributed by atoms with Gasteiger partial charge in [0, 0.05) is 13.5 Å². The monoisotopic (exact) mass is 446 g/mol. The molecule has 3 aromatic rings. The SMILES string of the molecule is CO[C@@H](Cc1ccc(COc2ccc(Oc3ccc(C(F)(F)F)cc3)cc2)cc1)C(=O)O. The number of carboxylic acids is 1. The number of ether oxygens (including phenoxy) is 3. The van der Waals surface area contributed by atoms with Gasteiger partial charge in [0.1, 0.15) is 23.9 Å². The number of hydrogen-bond acceptors (Lipinski definition) is 4. The van der Waals surface area contributed by atoms with E-state index in [1.807, 2.05) is 24.3 Å². The highest BCUT2D eigenvalue weighted by Gasteiger charge is 2.30. The molecule has 0 amide bonds. The fraction of sp³-hybridized carbons (Fsp3) is 0.208. The lowest BCUT2D eigenvalue weighted by Gasteiger charge is -2.11. The van der Waals surface area contributed by atoms with Gasteiger partial charge in [0.2, 0.25) is 0 Å². The molecule has 168 valence electrons. The second kappa shape index (κ2) is 10.2. The van der Waals surface area contributed by atoms with Crippen LogP contribution < -0.4 is 9.47 Å². The number of methoxy groups -OCH3 is 1. The summed E-state index contributed by atoms with van der Waals surface area (Å²) < 4.78 is 54.1. The summed E-state index contributed by atoms with van der Waals surface area (Å²) in [7, 11) is 1.36. The molecule has 1 N–H and O–H groups in total. The van der Waals surface area contributed by atoms with Crippen molar-refractivity contribution < 1.29 is 37.3 Å². The summed E-state index contributed by atoms with van der Waals surface area (Å²) in [5.41, 5.74) is 1.01.